The van der Waals surface area contributed by atoms with Crippen LogP contribution in [0.25, 0.3) is 11.3 Å². The number of benzene rings is 1. The Hall–Kier alpha value is -3.37. The first-order valence-corrected chi connectivity index (χ1v) is 13.9. The van der Waals surface area contributed by atoms with Gasteiger partial charge in [0.05, 0.1) is 29.2 Å². The van der Waals surface area contributed by atoms with Crippen molar-refractivity contribution >= 4 is 15.9 Å². The summed E-state index contributed by atoms with van der Waals surface area (Å²) in [5.41, 5.74) is 0.809. The molecule has 8 nitrogen and oxygen atoms in total. The van der Waals surface area contributed by atoms with Gasteiger partial charge in [-0.15, -0.1) is 0 Å². The topological polar surface area (TPSA) is 118 Å². The molecule has 2 heterocycles. The molecule has 1 aromatic carbocycles. The number of sulfonamides is 1. The molecule has 3 aromatic rings. The second kappa shape index (κ2) is 12.0. The summed E-state index contributed by atoms with van der Waals surface area (Å²) in [7, 11) is -4.22. The van der Waals surface area contributed by atoms with Crippen molar-refractivity contribution in [2.45, 2.75) is 64.5 Å². The number of aryl methyl sites for hydroxylation is 2. The van der Waals surface area contributed by atoms with Crippen LogP contribution in [0.15, 0.2) is 53.6 Å². The SMILES string of the molecule is Cc1cccc(S(=O)(=O)NC(=O)c2ccc(-c3cc(F)cc(OCC(C)C)c3)nc2CCCC(C)(C)O)n1. The third-order valence-electron chi connectivity index (χ3n) is 5.54. The van der Waals surface area contributed by atoms with Crippen molar-refractivity contribution in [3.05, 3.63) is 71.3 Å². The maximum absolute atomic E-state index is 14.4. The zero-order chi connectivity index (χ0) is 28.1. The molecule has 0 atom stereocenters. The first kappa shape index (κ1) is 29.2. The number of carbonyl (C=O) groups is 1. The van der Waals surface area contributed by atoms with Crippen molar-refractivity contribution in [3.63, 3.8) is 0 Å². The van der Waals surface area contributed by atoms with Crippen LogP contribution < -0.4 is 9.46 Å². The molecular weight excluding hydrogens is 509 g/mol. The van der Waals surface area contributed by atoms with E-state index in [2.05, 4.69) is 14.7 Å². The van der Waals surface area contributed by atoms with Gasteiger partial charge in [-0.2, -0.15) is 8.42 Å². The average Bonchev–Trinajstić information content (AvgIpc) is 2.81. The molecule has 204 valence electrons. The lowest BCUT2D eigenvalue weighted by atomic mass is 9.98. The number of ether oxygens (including phenoxy) is 1. The van der Waals surface area contributed by atoms with Gasteiger partial charge >= 0.3 is 0 Å². The fourth-order valence-electron chi connectivity index (χ4n) is 3.70. The van der Waals surface area contributed by atoms with Gasteiger partial charge in [0.1, 0.15) is 11.6 Å². The van der Waals surface area contributed by atoms with E-state index in [1.54, 1.807) is 32.9 Å². The molecule has 0 aliphatic heterocycles. The van der Waals surface area contributed by atoms with Crippen molar-refractivity contribution in [3.8, 4) is 17.0 Å². The predicted octanol–water partition coefficient (Wildman–Crippen LogP) is 4.84. The number of aromatic nitrogens is 2. The molecule has 0 unspecified atom stereocenters. The van der Waals surface area contributed by atoms with Crippen LogP contribution in [-0.4, -0.2) is 41.6 Å². The van der Waals surface area contributed by atoms with Crippen LogP contribution in [0.4, 0.5) is 4.39 Å². The Morgan fingerprint density at radius 3 is 2.53 bits per heavy atom. The summed E-state index contributed by atoms with van der Waals surface area (Å²) in [6.45, 7) is 9.40. The molecule has 2 aromatic heterocycles. The molecule has 0 aliphatic carbocycles. The molecule has 0 radical (unpaired) electrons. The molecule has 0 bridgehead atoms. The number of aliphatic hydroxyl groups is 1. The third kappa shape index (κ3) is 8.32. The summed E-state index contributed by atoms with van der Waals surface area (Å²) >= 11 is 0. The molecule has 1 amide bonds. The van der Waals surface area contributed by atoms with Crippen molar-refractivity contribution in [1.29, 1.82) is 0 Å². The van der Waals surface area contributed by atoms with Gasteiger partial charge in [-0.1, -0.05) is 19.9 Å². The summed E-state index contributed by atoms with van der Waals surface area (Å²) in [5.74, 6) is -0.736. The minimum absolute atomic E-state index is 0.0633. The lowest BCUT2D eigenvalue weighted by Gasteiger charge is -2.17. The van der Waals surface area contributed by atoms with E-state index >= 15 is 0 Å². The number of carbonyl (C=O) groups excluding carboxylic acids is 1. The minimum Gasteiger partial charge on any atom is -0.493 e. The highest BCUT2D eigenvalue weighted by Gasteiger charge is 2.23. The van der Waals surface area contributed by atoms with Crippen LogP contribution in [0.5, 0.6) is 5.75 Å². The molecule has 10 heteroatoms. The number of hydrogen-bond donors (Lipinski definition) is 2. The Morgan fingerprint density at radius 2 is 1.87 bits per heavy atom. The predicted molar refractivity (Wildman–Crippen MR) is 143 cm³/mol. The number of amides is 1. The second-order valence-electron chi connectivity index (χ2n) is 10.3. The molecular formula is C28H34FN3O5S. The molecule has 0 fully saturated rings. The van der Waals surface area contributed by atoms with Crippen LogP contribution in [0.1, 0.15) is 62.3 Å². The van der Waals surface area contributed by atoms with E-state index in [9.17, 15) is 22.7 Å². The van der Waals surface area contributed by atoms with Crippen LogP contribution in [0.2, 0.25) is 0 Å². The Bertz CT molecular complexity index is 1400. The molecule has 3 rings (SSSR count). The summed E-state index contributed by atoms with van der Waals surface area (Å²) in [4.78, 5) is 21.7. The van der Waals surface area contributed by atoms with E-state index in [-0.39, 0.29) is 22.9 Å². The first-order chi connectivity index (χ1) is 17.7. The molecule has 0 saturated heterocycles. The van der Waals surface area contributed by atoms with Crippen LogP contribution in [0, 0.1) is 18.7 Å². The second-order valence-corrected chi connectivity index (χ2v) is 11.9. The number of hydrogen-bond acceptors (Lipinski definition) is 7. The molecule has 38 heavy (non-hydrogen) atoms. The lowest BCUT2D eigenvalue weighted by molar-refractivity contribution is 0.0689. The van der Waals surface area contributed by atoms with Gasteiger partial charge in [0.15, 0.2) is 5.03 Å². The van der Waals surface area contributed by atoms with Crippen LogP contribution in [0.3, 0.4) is 0 Å². The Balaban J connectivity index is 1.96. The smallest absolute Gasteiger partial charge is 0.281 e. The Kier molecular flexibility index (Phi) is 9.22. The van der Waals surface area contributed by atoms with E-state index < -0.39 is 27.3 Å². The Morgan fingerprint density at radius 1 is 1.13 bits per heavy atom. The summed E-state index contributed by atoms with van der Waals surface area (Å²) in [5, 5.41) is 9.85. The lowest BCUT2D eigenvalue weighted by Crippen LogP contribution is -2.32. The van der Waals surface area contributed by atoms with E-state index in [0.717, 1.165) is 0 Å². The van der Waals surface area contributed by atoms with E-state index in [1.807, 2.05) is 13.8 Å². The maximum Gasteiger partial charge on any atom is 0.281 e. The largest absolute Gasteiger partial charge is 0.493 e. The summed E-state index contributed by atoms with van der Waals surface area (Å²) < 4.78 is 47.7. The first-order valence-electron chi connectivity index (χ1n) is 12.4. The standard InChI is InChI=1S/C28H34FN3O5S/c1-18(2)17-37-22-15-20(14-21(29)16-22)24-12-11-23(25(31-24)9-7-13-28(4,5)34)27(33)32-38(35,36)26-10-6-8-19(3)30-26/h6,8,10-12,14-16,18,34H,7,9,13,17H2,1-5H3,(H,32,33). The normalized spacial score (nSPS) is 12.0. The van der Waals surface area contributed by atoms with E-state index in [1.165, 1.54) is 36.4 Å². The highest BCUT2D eigenvalue weighted by atomic mass is 32.2. The van der Waals surface area contributed by atoms with E-state index in [0.29, 0.717) is 47.8 Å². The quantitative estimate of drug-likeness (QED) is 0.355. The van der Waals surface area contributed by atoms with Crippen molar-refractivity contribution in [2.24, 2.45) is 5.92 Å². The summed E-state index contributed by atoms with van der Waals surface area (Å²) in [6.07, 6.45) is 1.20. The fourth-order valence-corrected chi connectivity index (χ4v) is 4.68. The zero-order valence-electron chi connectivity index (χ0n) is 22.3. The van der Waals surface area contributed by atoms with Gasteiger partial charge < -0.3 is 9.84 Å². The van der Waals surface area contributed by atoms with Gasteiger partial charge in [-0.25, -0.2) is 14.1 Å². The molecule has 0 aliphatic rings. The van der Waals surface area contributed by atoms with Gasteiger partial charge in [-0.3, -0.25) is 9.78 Å². The van der Waals surface area contributed by atoms with E-state index in [4.69, 9.17) is 4.74 Å². The van der Waals surface area contributed by atoms with Crippen molar-refractivity contribution < 1.29 is 27.4 Å². The number of halogens is 1. The van der Waals surface area contributed by atoms with Crippen molar-refractivity contribution in [2.75, 3.05) is 6.61 Å². The number of nitrogens with one attached hydrogen (secondary N) is 1. The number of rotatable bonds is 11. The zero-order valence-corrected chi connectivity index (χ0v) is 23.1. The minimum atomic E-state index is -4.22. The van der Waals surface area contributed by atoms with Crippen LogP contribution in [-0.2, 0) is 16.4 Å². The van der Waals surface area contributed by atoms with Gasteiger partial charge in [-0.05, 0) is 82.3 Å². The highest BCUT2D eigenvalue weighted by molar-refractivity contribution is 7.90. The number of pyridine rings is 2. The van der Waals surface area contributed by atoms with Crippen LogP contribution >= 0.6 is 0 Å². The monoisotopic (exact) mass is 543 g/mol. The van der Waals surface area contributed by atoms with Gasteiger partial charge in [0, 0.05) is 17.3 Å². The highest BCUT2D eigenvalue weighted by Crippen LogP contribution is 2.27. The van der Waals surface area contributed by atoms with Gasteiger partial charge in [0.25, 0.3) is 15.9 Å². The molecule has 0 saturated carbocycles. The third-order valence-corrected chi connectivity index (χ3v) is 6.77. The fraction of sp³-hybridized carbons (Fsp3) is 0.393. The molecule has 2 N–H and O–H groups in total. The number of nitrogens with zero attached hydrogens (tertiary/aromatic N) is 2. The maximum atomic E-state index is 14.4. The summed E-state index contributed by atoms with van der Waals surface area (Å²) in [6, 6.07) is 11.8. The van der Waals surface area contributed by atoms with Crippen molar-refractivity contribution in [1.82, 2.24) is 14.7 Å². The Labute approximate surface area is 223 Å². The average molecular weight is 544 g/mol. The van der Waals surface area contributed by atoms with Gasteiger partial charge in [0.2, 0.25) is 0 Å². The molecule has 0 spiro atoms.